The molecule has 1 amide bonds. The van der Waals surface area contributed by atoms with E-state index in [1.165, 1.54) is 0 Å². The van der Waals surface area contributed by atoms with Crippen LogP contribution in [-0.4, -0.2) is 30.6 Å². The van der Waals surface area contributed by atoms with Gasteiger partial charge in [-0.2, -0.15) is 0 Å². The lowest BCUT2D eigenvalue weighted by Gasteiger charge is -2.05. The predicted octanol–water partition coefficient (Wildman–Crippen LogP) is 1.48. The van der Waals surface area contributed by atoms with E-state index in [-0.39, 0.29) is 5.91 Å². The van der Waals surface area contributed by atoms with E-state index in [4.69, 9.17) is 4.74 Å². The summed E-state index contributed by atoms with van der Waals surface area (Å²) in [5.41, 5.74) is 1.91. The largest absolute Gasteiger partial charge is 0.382 e. The van der Waals surface area contributed by atoms with E-state index in [9.17, 15) is 4.79 Å². The molecule has 1 aromatic rings. The average Bonchev–Trinajstić information content (AvgIpc) is 2.32. The van der Waals surface area contributed by atoms with Crippen LogP contribution in [0.2, 0.25) is 0 Å². The van der Waals surface area contributed by atoms with E-state index in [2.05, 4.69) is 10.3 Å². The summed E-state index contributed by atoms with van der Waals surface area (Å²) in [5.74, 6) is 0.0344. The van der Waals surface area contributed by atoms with Crippen LogP contribution in [0.3, 0.4) is 0 Å². The molecule has 0 atom stereocenters. The number of aryl methyl sites for hydroxylation is 1. The number of nitrogens with one attached hydrogen (secondary N) is 1. The number of amides is 1. The van der Waals surface area contributed by atoms with Gasteiger partial charge in [0.1, 0.15) is 0 Å². The fraction of sp³-hybridized carbons (Fsp3) is 0.538. The number of carbonyl (C=O) groups is 1. The third kappa shape index (κ3) is 6.02. The molecule has 0 bridgehead atoms. The molecule has 0 aromatic carbocycles. The number of ether oxygens (including phenoxy) is 1. The molecule has 1 aromatic heterocycles. The molecule has 1 rings (SSSR count). The molecule has 4 nitrogen and oxygen atoms in total. The van der Waals surface area contributed by atoms with E-state index < -0.39 is 0 Å². The second-order valence-electron chi connectivity index (χ2n) is 3.89. The summed E-state index contributed by atoms with van der Waals surface area (Å²) >= 11 is 0. The van der Waals surface area contributed by atoms with Crippen molar-refractivity contribution in [2.75, 3.05) is 19.8 Å². The number of aromatic nitrogens is 1. The van der Waals surface area contributed by atoms with Crippen LogP contribution in [0.4, 0.5) is 0 Å². The van der Waals surface area contributed by atoms with Gasteiger partial charge in [0, 0.05) is 31.6 Å². The normalized spacial score (nSPS) is 10.2. The maximum atomic E-state index is 11.6. The SMILES string of the molecule is CCOCCCNC(=O)Cc1ccc(C)nc1. The van der Waals surface area contributed by atoms with Crippen LogP contribution in [0.15, 0.2) is 18.3 Å². The minimum Gasteiger partial charge on any atom is -0.382 e. The molecule has 0 unspecified atom stereocenters. The maximum absolute atomic E-state index is 11.6. The lowest BCUT2D eigenvalue weighted by Crippen LogP contribution is -2.26. The summed E-state index contributed by atoms with van der Waals surface area (Å²) in [6.07, 6.45) is 2.99. The Hall–Kier alpha value is -1.42. The first-order chi connectivity index (χ1) is 8.22. The van der Waals surface area contributed by atoms with Crippen molar-refractivity contribution in [2.24, 2.45) is 0 Å². The van der Waals surface area contributed by atoms with Crippen LogP contribution >= 0.6 is 0 Å². The second-order valence-corrected chi connectivity index (χ2v) is 3.89. The topological polar surface area (TPSA) is 51.2 Å². The Kier molecular flexibility index (Phi) is 6.25. The van der Waals surface area contributed by atoms with E-state index >= 15 is 0 Å². The lowest BCUT2D eigenvalue weighted by atomic mass is 10.2. The molecule has 0 spiro atoms. The van der Waals surface area contributed by atoms with Crippen molar-refractivity contribution >= 4 is 5.91 Å². The first-order valence-electron chi connectivity index (χ1n) is 5.98. The highest BCUT2D eigenvalue weighted by Gasteiger charge is 2.02. The fourth-order valence-corrected chi connectivity index (χ4v) is 1.40. The van der Waals surface area contributed by atoms with Crippen molar-refractivity contribution in [3.63, 3.8) is 0 Å². The van der Waals surface area contributed by atoms with Gasteiger partial charge in [-0.25, -0.2) is 0 Å². The molecule has 17 heavy (non-hydrogen) atoms. The number of hydrogen-bond acceptors (Lipinski definition) is 3. The van der Waals surface area contributed by atoms with E-state index in [1.54, 1.807) is 6.20 Å². The number of rotatable bonds is 7. The van der Waals surface area contributed by atoms with Crippen LogP contribution < -0.4 is 5.32 Å². The number of pyridine rings is 1. The summed E-state index contributed by atoms with van der Waals surface area (Å²) in [6, 6.07) is 3.85. The highest BCUT2D eigenvalue weighted by atomic mass is 16.5. The summed E-state index contributed by atoms with van der Waals surface area (Å²) in [6.45, 7) is 5.98. The Labute approximate surface area is 102 Å². The molecule has 0 saturated carbocycles. The zero-order chi connectivity index (χ0) is 12.5. The van der Waals surface area contributed by atoms with Gasteiger partial charge in [0.05, 0.1) is 6.42 Å². The third-order valence-electron chi connectivity index (χ3n) is 2.33. The molecule has 0 aliphatic carbocycles. The van der Waals surface area contributed by atoms with Gasteiger partial charge in [0.2, 0.25) is 5.91 Å². The minimum atomic E-state index is 0.0344. The smallest absolute Gasteiger partial charge is 0.224 e. The second kappa shape index (κ2) is 7.79. The highest BCUT2D eigenvalue weighted by Crippen LogP contribution is 2.00. The first kappa shape index (κ1) is 13.6. The van der Waals surface area contributed by atoms with Crippen molar-refractivity contribution in [2.45, 2.75) is 26.7 Å². The van der Waals surface area contributed by atoms with E-state index in [0.29, 0.717) is 19.6 Å². The molecule has 0 fully saturated rings. The summed E-state index contributed by atoms with van der Waals surface area (Å²) < 4.78 is 5.19. The molecule has 94 valence electrons. The number of hydrogen-bond donors (Lipinski definition) is 1. The Morgan fingerprint density at radius 1 is 1.47 bits per heavy atom. The van der Waals surface area contributed by atoms with E-state index in [1.807, 2.05) is 26.0 Å². The maximum Gasteiger partial charge on any atom is 0.224 e. The molecule has 0 saturated heterocycles. The minimum absolute atomic E-state index is 0.0344. The molecule has 1 heterocycles. The third-order valence-corrected chi connectivity index (χ3v) is 2.33. The van der Waals surface area contributed by atoms with Crippen molar-refractivity contribution in [1.82, 2.24) is 10.3 Å². The van der Waals surface area contributed by atoms with Gasteiger partial charge in [0.15, 0.2) is 0 Å². The van der Waals surface area contributed by atoms with Gasteiger partial charge in [-0.15, -0.1) is 0 Å². The standard InChI is InChI=1S/C13H20N2O2/c1-3-17-8-4-7-14-13(16)9-12-6-5-11(2)15-10-12/h5-6,10H,3-4,7-9H2,1-2H3,(H,14,16). The number of carbonyl (C=O) groups excluding carboxylic acids is 1. The van der Waals surface area contributed by atoms with Gasteiger partial charge >= 0.3 is 0 Å². The Morgan fingerprint density at radius 2 is 2.29 bits per heavy atom. The molecular weight excluding hydrogens is 216 g/mol. The van der Waals surface area contributed by atoms with Gasteiger partial charge in [-0.1, -0.05) is 6.07 Å². The van der Waals surface area contributed by atoms with Crippen LogP contribution in [0, 0.1) is 6.92 Å². The Morgan fingerprint density at radius 3 is 2.94 bits per heavy atom. The molecular formula is C13H20N2O2. The van der Waals surface area contributed by atoms with Gasteiger partial charge in [0.25, 0.3) is 0 Å². The van der Waals surface area contributed by atoms with Crippen LogP contribution in [0.5, 0.6) is 0 Å². The Balaban J connectivity index is 2.18. The highest BCUT2D eigenvalue weighted by molar-refractivity contribution is 5.78. The first-order valence-corrected chi connectivity index (χ1v) is 5.98. The molecule has 0 radical (unpaired) electrons. The van der Waals surface area contributed by atoms with Crippen LogP contribution in [0.1, 0.15) is 24.6 Å². The number of nitrogens with zero attached hydrogens (tertiary/aromatic N) is 1. The van der Waals surface area contributed by atoms with Crippen LogP contribution in [-0.2, 0) is 16.0 Å². The van der Waals surface area contributed by atoms with Gasteiger partial charge in [-0.05, 0) is 31.9 Å². The van der Waals surface area contributed by atoms with Gasteiger partial charge < -0.3 is 10.1 Å². The summed E-state index contributed by atoms with van der Waals surface area (Å²) in [5, 5.41) is 2.86. The average molecular weight is 236 g/mol. The van der Waals surface area contributed by atoms with Crippen molar-refractivity contribution in [1.29, 1.82) is 0 Å². The van der Waals surface area contributed by atoms with Crippen molar-refractivity contribution < 1.29 is 9.53 Å². The molecule has 0 aliphatic heterocycles. The molecule has 4 heteroatoms. The predicted molar refractivity (Wildman–Crippen MR) is 66.8 cm³/mol. The molecule has 1 N–H and O–H groups in total. The molecule has 0 aliphatic rings. The quantitative estimate of drug-likeness (QED) is 0.729. The van der Waals surface area contributed by atoms with E-state index in [0.717, 1.165) is 24.3 Å². The Bertz CT molecular complexity index is 336. The monoisotopic (exact) mass is 236 g/mol. The summed E-state index contributed by atoms with van der Waals surface area (Å²) in [4.78, 5) is 15.7. The van der Waals surface area contributed by atoms with Crippen molar-refractivity contribution in [3.05, 3.63) is 29.6 Å². The zero-order valence-electron chi connectivity index (χ0n) is 10.5. The van der Waals surface area contributed by atoms with Gasteiger partial charge in [-0.3, -0.25) is 9.78 Å². The van der Waals surface area contributed by atoms with Crippen molar-refractivity contribution in [3.8, 4) is 0 Å². The summed E-state index contributed by atoms with van der Waals surface area (Å²) in [7, 11) is 0. The zero-order valence-corrected chi connectivity index (χ0v) is 10.5. The lowest BCUT2D eigenvalue weighted by molar-refractivity contribution is -0.120. The fourth-order valence-electron chi connectivity index (χ4n) is 1.40. The van der Waals surface area contributed by atoms with Crippen LogP contribution in [0.25, 0.3) is 0 Å².